The molecule has 4 atom stereocenters. The van der Waals surface area contributed by atoms with Crippen LogP contribution in [0.5, 0.6) is 5.75 Å². The van der Waals surface area contributed by atoms with Gasteiger partial charge in [0, 0.05) is 43.4 Å². The van der Waals surface area contributed by atoms with E-state index in [0.29, 0.717) is 19.4 Å². The molecule has 3 saturated heterocycles. The first-order chi connectivity index (χ1) is 23.0. The van der Waals surface area contributed by atoms with E-state index in [1.54, 1.807) is 17.2 Å². The second-order valence-electron chi connectivity index (χ2n) is 13.6. The van der Waals surface area contributed by atoms with E-state index < -0.39 is 0 Å². The Balaban J connectivity index is 1.07. The number of pyridine rings is 1. The number of carbonyl (C=O) groups is 2. The SMILES string of the molecule is CCCC1=C2[C@@H](CC/C(=C/c3ccccc3O)c3ccccn3)OC[C@@H]2[C@@H]2C(=O)N(C3CCN(Cc4ccccc4)CC3)C(=O)[C@@H]2C1. The largest absolute Gasteiger partial charge is 0.507 e. The molecule has 7 heteroatoms. The summed E-state index contributed by atoms with van der Waals surface area (Å²) in [5.41, 5.74) is 6.55. The number of likely N-dealkylation sites (tertiary alicyclic amines) is 2. The summed E-state index contributed by atoms with van der Waals surface area (Å²) >= 11 is 0. The first-order valence-electron chi connectivity index (χ1n) is 17.4. The van der Waals surface area contributed by atoms with E-state index in [1.807, 2.05) is 48.5 Å². The number of aromatic hydroxyl groups is 1. The van der Waals surface area contributed by atoms with Crippen LogP contribution in [-0.2, 0) is 20.9 Å². The zero-order valence-electron chi connectivity index (χ0n) is 27.3. The molecule has 0 saturated carbocycles. The number of aromatic nitrogens is 1. The minimum atomic E-state index is -0.322. The number of piperidine rings is 1. The summed E-state index contributed by atoms with van der Waals surface area (Å²) in [6, 6.07) is 23.7. The molecule has 3 aromatic rings. The summed E-state index contributed by atoms with van der Waals surface area (Å²) in [7, 11) is 0. The number of allylic oxidation sites excluding steroid dienone is 2. The Hall–Kier alpha value is -4.07. The number of fused-ring (bicyclic) bond motifs is 3. The second-order valence-corrected chi connectivity index (χ2v) is 13.6. The quantitative estimate of drug-likeness (QED) is 0.194. The summed E-state index contributed by atoms with van der Waals surface area (Å²) in [5.74, 6) is -0.330. The number of phenolic OH excluding ortho intramolecular Hbond substituents is 1. The molecule has 0 spiro atoms. The van der Waals surface area contributed by atoms with Gasteiger partial charge in [-0.3, -0.25) is 24.4 Å². The molecule has 1 N–H and O–H groups in total. The molecule has 2 amide bonds. The highest BCUT2D eigenvalue weighted by Gasteiger charge is 2.58. The number of amides is 2. The van der Waals surface area contributed by atoms with Gasteiger partial charge in [0.1, 0.15) is 5.75 Å². The zero-order valence-corrected chi connectivity index (χ0v) is 27.3. The summed E-state index contributed by atoms with van der Waals surface area (Å²) in [4.78, 5) is 36.9. The predicted octanol–water partition coefficient (Wildman–Crippen LogP) is 6.89. The van der Waals surface area contributed by atoms with Gasteiger partial charge in [0.25, 0.3) is 0 Å². The van der Waals surface area contributed by atoms with E-state index in [-0.39, 0.29) is 47.5 Å². The molecule has 47 heavy (non-hydrogen) atoms. The summed E-state index contributed by atoms with van der Waals surface area (Å²) in [6.45, 7) is 5.35. The molecule has 3 fully saturated rings. The van der Waals surface area contributed by atoms with Crippen LogP contribution < -0.4 is 0 Å². The smallest absolute Gasteiger partial charge is 0.234 e. The van der Waals surface area contributed by atoms with Crippen molar-refractivity contribution >= 4 is 23.5 Å². The number of rotatable bonds is 10. The van der Waals surface area contributed by atoms with Crippen molar-refractivity contribution in [3.63, 3.8) is 0 Å². The van der Waals surface area contributed by atoms with E-state index in [4.69, 9.17) is 4.74 Å². The van der Waals surface area contributed by atoms with Crippen LogP contribution in [-0.4, -0.2) is 63.5 Å². The summed E-state index contributed by atoms with van der Waals surface area (Å²) in [5, 5.41) is 10.5. The molecule has 0 radical (unpaired) electrons. The maximum absolute atomic E-state index is 14.2. The third-order valence-electron chi connectivity index (χ3n) is 10.7. The average Bonchev–Trinajstić information content (AvgIpc) is 3.63. The van der Waals surface area contributed by atoms with Gasteiger partial charge in [-0.2, -0.15) is 0 Å². The number of hydrogen-bond acceptors (Lipinski definition) is 6. The lowest BCUT2D eigenvalue weighted by molar-refractivity contribution is -0.144. The molecule has 0 bridgehead atoms. The molecular formula is C40H45N3O4. The van der Waals surface area contributed by atoms with Crippen molar-refractivity contribution in [2.24, 2.45) is 17.8 Å². The lowest BCUT2D eigenvalue weighted by Gasteiger charge is -2.36. The van der Waals surface area contributed by atoms with Crippen molar-refractivity contribution in [1.29, 1.82) is 0 Å². The highest BCUT2D eigenvalue weighted by molar-refractivity contribution is 6.06. The molecule has 244 valence electrons. The van der Waals surface area contributed by atoms with Crippen molar-refractivity contribution in [2.45, 2.75) is 70.6 Å². The topological polar surface area (TPSA) is 83.0 Å². The minimum Gasteiger partial charge on any atom is -0.507 e. The molecule has 4 heterocycles. The van der Waals surface area contributed by atoms with Gasteiger partial charge in [-0.05, 0) is 79.5 Å². The number of hydrogen-bond donors (Lipinski definition) is 1. The van der Waals surface area contributed by atoms with Crippen LogP contribution in [0.3, 0.4) is 0 Å². The molecule has 1 aliphatic carbocycles. The lowest BCUT2D eigenvalue weighted by atomic mass is 9.68. The minimum absolute atomic E-state index is 0.0238. The molecule has 7 nitrogen and oxygen atoms in total. The van der Waals surface area contributed by atoms with Crippen molar-refractivity contribution in [3.05, 3.63) is 107 Å². The van der Waals surface area contributed by atoms with Crippen LogP contribution >= 0.6 is 0 Å². The Morgan fingerprint density at radius 2 is 1.72 bits per heavy atom. The van der Waals surface area contributed by atoms with Crippen molar-refractivity contribution < 1.29 is 19.4 Å². The number of phenols is 1. The van der Waals surface area contributed by atoms with Gasteiger partial charge in [0.05, 0.1) is 30.2 Å². The van der Waals surface area contributed by atoms with Gasteiger partial charge in [-0.15, -0.1) is 0 Å². The molecule has 3 aliphatic heterocycles. The number of nitrogens with zero attached hydrogens (tertiary/aromatic N) is 3. The van der Waals surface area contributed by atoms with Crippen LogP contribution in [0.2, 0.25) is 0 Å². The first kappa shape index (κ1) is 31.5. The van der Waals surface area contributed by atoms with Gasteiger partial charge >= 0.3 is 0 Å². The fourth-order valence-electron chi connectivity index (χ4n) is 8.48. The predicted molar refractivity (Wildman–Crippen MR) is 183 cm³/mol. The Bertz CT molecular complexity index is 1640. The molecule has 7 rings (SSSR count). The van der Waals surface area contributed by atoms with E-state index in [2.05, 4.69) is 41.1 Å². The fraction of sp³-hybridized carbons (Fsp3) is 0.425. The van der Waals surface area contributed by atoms with Crippen LogP contribution in [0.4, 0.5) is 0 Å². The Morgan fingerprint density at radius 3 is 2.47 bits per heavy atom. The maximum Gasteiger partial charge on any atom is 0.234 e. The van der Waals surface area contributed by atoms with Gasteiger partial charge < -0.3 is 9.84 Å². The van der Waals surface area contributed by atoms with Crippen LogP contribution in [0.1, 0.15) is 68.7 Å². The van der Waals surface area contributed by atoms with E-state index in [9.17, 15) is 14.7 Å². The van der Waals surface area contributed by atoms with E-state index in [1.165, 1.54) is 16.7 Å². The van der Waals surface area contributed by atoms with Crippen LogP contribution in [0.15, 0.2) is 90.1 Å². The normalized spacial score (nSPS) is 25.4. The number of carbonyl (C=O) groups excluding carboxylic acids is 2. The summed E-state index contributed by atoms with van der Waals surface area (Å²) in [6.07, 6.45) is 9.41. The van der Waals surface area contributed by atoms with Crippen molar-refractivity contribution in [3.8, 4) is 5.75 Å². The maximum atomic E-state index is 14.2. The van der Waals surface area contributed by atoms with Gasteiger partial charge in [0.2, 0.25) is 11.8 Å². The third-order valence-corrected chi connectivity index (χ3v) is 10.7. The van der Waals surface area contributed by atoms with E-state index >= 15 is 0 Å². The van der Waals surface area contributed by atoms with E-state index in [0.717, 1.165) is 68.6 Å². The molecule has 4 aliphatic rings. The van der Waals surface area contributed by atoms with Gasteiger partial charge in [-0.1, -0.05) is 73.5 Å². The summed E-state index contributed by atoms with van der Waals surface area (Å²) < 4.78 is 6.54. The zero-order chi connectivity index (χ0) is 32.3. The molecule has 1 aromatic heterocycles. The second kappa shape index (κ2) is 14.0. The third kappa shape index (κ3) is 6.43. The fourth-order valence-corrected chi connectivity index (χ4v) is 8.48. The lowest BCUT2D eigenvalue weighted by Crippen LogP contribution is -2.47. The molecule has 0 unspecified atom stereocenters. The standard InChI is InChI=1S/C40H45N3O4/c1-2-10-30-24-32-38(40(46)43(39(32)45)31-18-21-42(22-19-31)25-27-11-4-3-5-12-27)33-26-47-36(37(30)33)17-16-28(34-14-8-9-20-41-34)23-29-13-6-7-15-35(29)44/h3-9,11-15,20,23,31-33,36,38,44H,2,10,16-19,21-22,24-26H2,1H3/b28-23-/t32-,33+,36-,38-/m1/s1. The average molecular weight is 632 g/mol. The highest BCUT2D eigenvalue weighted by atomic mass is 16.5. The molecule has 2 aromatic carbocycles. The van der Waals surface area contributed by atoms with Crippen molar-refractivity contribution in [1.82, 2.24) is 14.8 Å². The Kier molecular flexibility index (Phi) is 9.37. The van der Waals surface area contributed by atoms with Crippen molar-refractivity contribution in [2.75, 3.05) is 19.7 Å². The first-order valence-corrected chi connectivity index (χ1v) is 17.4. The number of imide groups is 1. The Labute approximate surface area is 278 Å². The van der Waals surface area contributed by atoms with Gasteiger partial charge in [0.15, 0.2) is 0 Å². The van der Waals surface area contributed by atoms with Gasteiger partial charge in [-0.25, -0.2) is 0 Å². The van der Waals surface area contributed by atoms with Crippen LogP contribution in [0.25, 0.3) is 11.6 Å². The highest BCUT2D eigenvalue weighted by Crippen LogP contribution is 2.51. The number of benzene rings is 2. The monoisotopic (exact) mass is 631 g/mol. The van der Waals surface area contributed by atoms with Crippen LogP contribution in [0, 0.1) is 17.8 Å². The molecular weight excluding hydrogens is 586 g/mol. The number of ether oxygens (including phenoxy) is 1. The number of para-hydroxylation sites is 1. The Morgan fingerprint density at radius 1 is 0.957 bits per heavy atom.